The van der Waals surface area contributed by atoms with E-state index in [1.165, 1.54) is 0 Å². The second-order valence-corrected chi connectivity index (χ2v) is 18.5. The van der Waals surface area contributed by atoms with Gasteiger partial charge in [-0.15, -0.1) is 21.9 Å². The molecule has 0 N–H and O–H groups in total. The van der Waals surface area contributed by atoms with E-state index < -0.39 is 144 Å². The molecule has 0 aliphatic carbocycles. The van der Waals surface area contributed by atoms with Gasteiger partial charge in [0.2, 0.25) is 5.78 Å². The smallest absolute Gasteiger partial charge is 0.211 e. The number of hydrogen-bond acceptors (Lipinski definition) is 2. The average molecular weight is 1080 g/mol. The third-order valence-corrected chi connectivity index (χ3v) is 12.8. The number of hydrogen-bond donors (Lipinski definition) is 0. The highest BCUT2D eigenvalue weighted by molar-refractivity contribution is 7.96. The molecule has 0 aliphatic rings. The Bertz CT molecular complexity index is 3280. The highest BCUT2D eigenvalue weighted by Crippen LogP contribution is 2.33. The molecule has 0 radical (unpaired) electrons. The molecule has 8 aromatic rings. The standard InChI is InChI=1S/C25H24NO2S.C24BF20/c1-4-26-22-12-10-18(24(27)16-29(2)3)14-20(22)21-15-19(11-13-23(21)26)25(28)17-8-6-5-7-9-17;26-5-1(6(27)14(35)21(42)13(5)34)25(2-7(28)15(36)22(43)16(37)8(2)29,3-9(30)17(38)23(44)18(39)10(3)31)4-11(32)19(40)24(45)20(41)12(4)33/h5-15H,4,16H2,1-3H3;/q+1;-1. The van der Waals surface area contributed by atoms with E-state index in [4.69, 9.17) is 0 Å². The molecule has 7 aromatic carbocycles. The first kappa shape index (κ1) is 54.5. The van der Waals surface area contributed by atoms with Crippen LogP contribution in [-0.4, -0.2) is 40.5 Å². The summed E-state index contributed by atoms with van der Waals surface area (Å²) in [6.07, 6.45) is -3.05. The van der Waals surface area contributed by atoms with Gasteiger partial charge in [0, 0.05) is 45.0 Å². The van der Waals surface area contributed by atoms with E-state index in [0.717, 1.165) is 33.9 Å². The van der Waals surface area contributed by atoms with Gasteiger partial charge < -0.3 is 4.57 Å². The van der Waals surface area contributed by atoms with Crippen LogP contribution in [0.1, 0.15) is 33.2 Å². The molecule has 0 atom stereocenters. The third kappa shape index (κ3) is 8.41. The number of aryl methyl sites for hydroxylation is 1. The Morgan fingerprint density at radius 1 is 0.392 bits per heavy atom. The van der Waals surface area contributed by atoms with Gasteiger partial charge in [-0.05, 0) is 54.2 Å². The second-order valence-electron chi connectivity index (χ2n) is 16.3. The minimum absolute atomic E-state index is 0.0122. The molecule has 0 spiro atoms. The van der Waals surface area contributed by atoms with Gasteiger partial charge in [-0.3, -0.25) is 9.59 Å². The van der Waals surface area contributed by atoms with Gasteiger partial charge in [-0.2, -0.15) is 0 Å². The van der Waals surface area contributed by atoms with E-state index in [2.05, 4.69) is 24.0 Å². The van der Waals surface area contributed by atoms with Crippen LogP contribution in [0, 0.1) is 116 Å². The van der Waals surface area contributed by atoms with E-state index >= 15 is 35.1 Å². The minimum Gasteiger partial charge on any atom is -0.341 e. The molecule has 386 valence electrons. The predicted octanol–water partition coefficient (Wildman–Crippen LogP) is 11.0. The number of benzene rings is 7. The summed E-state index contributed by atoms with van der Waals surface area (Å²) >= 11 is 0. The van der Waals surface area contributed by atoms with Crippen molar-refractivity contribution in [2.24, 2.45) is 0 Å². The summed E-state index contributed by atoms with van der Waals surface area (Å²) in [4.78, 5) is 25.6. The molecule has 0 amide bonds. The van der Waals surface area contributed by atoms with Crippen LogP contribution in [-0.2, 0) is 17.4 Å². The maximum atomic E-state index is 15.4. The number of nitrogens with zero attached hydrogens (tertiary/aromatic N) is 1. The maximum Gasteiger partial charge on any atom is 0.211 e. The topological polar surface area (TPSA) is 39.1 Å². The highest BCUT2D eigenvalue weighted by atomic mass is 32.2. The molecular weight excluding hydrogens is 1060 g/mol. The van der Waals surface area contributed by atoms with Gasteiger partial charge in [0.15, 0.2) is 81.3 Å². The Labute approximate surface area is 404 Å². The summed E-state index contributed by atoms with van der Waals surface area (Å²) in [5.74, 6) is -70.7. The fourth-order valence-corrected chi connectivity index (χ4v) is 9.43. The Balaban J connectivity index is 0.000000237. The van der Waals surface area contributed by atoms with E-state index in [-0.39, 0.29) is 22.5 Å². The third-order valence-electron chi connectivity index (χ3n) is 11.9. The van der Waals surface area contributed by atoms with Crippen LogP contribution in [0.5, 0.6) is 0 Å². The Morgan fingerprint density at radius 3 is 0.973 bits per heavy atom. The van der Waals surface area contributed by atoms with E-state index in [0.29, 0.717) is 16.9 Å². The van der Waals surface area contributed by atoms with Crippen molar-refractivity contribution in [1.82, 2.24) is 4.57 Å². The van der Waals surface area contributed by atoms with Crippen LogP contribution in [0.25, 0.3) is 21.8 Å². The number of rotatable bonds is 10. The van der Waals surface area contributed by atoms with Gasteiger partial charge in [-0.1, -0.05) is 30.3 Å². The minimum atomic E-state index is -7.22. The summed E-state index contributed by atoms with van der Waals surface area (Å²) in [5, 5.41) is 2.05. The second kappa shape index (κ2) is 20.2. The fraction of sp³-hybridized carbons (Fsp3) is 0.102. The summed E-state index contributed by atoms with van der Waals surface area (Å²) in [5.41, 5.74) is -10.1. The Kier molecular flexibility index (Phi) is 14.9. The lowest BCUT2D eigenvalue weighted by atomic mass is 9.12. The molecule has 8 rings (SSSR count). The van der Waals surface area contributed by atoms with Crippen molar-refractivity contribution >= 4 is 72.3 Å². The van der Waals surface area contributed by atoms with Gasteiger partial charge >= 0.3 is 0 Å². The lowest BCUT2D eigenvalue weighted by molar-refractivity contribution is 0.101. The zero-order chi connectivity index (χ0) is 54.9. The fourth-order valence-electron chi connectivity index (χ4n) is 8.74. The van der Waals surface area contributed by atoms with Crippen LogP contribution in [0.15, 0.2) is 66.7 Å². The molecule has 0 fully saturated rings. The van der Waals surface area contributed by atoms with Crippen molar-refractivity contribution in [1.29, 1.82) is 0 Å². The van der Waals surface area contributed by atoms with Crippen molar-refractivity contribution in [3.8, 4) is 0 Å². The van der Waals surface area contributed by atoms with E-state index in [1.54, 1.807) is 0 Å². The molecule has 0 aliphatic heterocycles. The lowest BCUT2D eigenvalue weighted by Crippen LogP contribution is -2.81. The molecule has 0 saturated carbocycles. The first-order valence-corrected chi connectivity index (χ1v) is 22.9. The molecule has 1 aromatic heterocycles. The van der Waals surface area contributed by atoms with E-state index in [1.807, 2.05) is 66.7 Å². The molecule has 0 unspecified atom stereocenters. The zero-order valence-electron chi connectivity index (χ0n) is 37.1. The number of fused-ring (bicyclic) bond motifs is 3. The quantitative estimate of drug-likeness (QED) is 0.0342. The number of carbonyl (C=O) groups is 2. The van der Waals surface area contributed by atoms with E-state index in [9.17, 15) is 62.3 Å². The largest absolute Gasteiger partial charge is 0.341 e. The predicted molar refractivity (Wildman–Crippen MR) is 233 cm³/mol. The summed E-state index contributed by atoms with van der Waals surface area (Å²) in [7, 11) is 0.0661. The van der Waals surface area contributed by atoms with Gasteiger partial charge in [-0.25, -0.2) is 87.8 Å². The number of ketones is 2. The number of aromatic nitrogens is 1. The van der Waals surface area contributed by atoms with Gasteiger partial charge in [0.1, 0.15) is 52.7 Å². The molecule has 0 saturated heterocycles. The molecule has 25 heteroatoms. The summed E-state index contributed by atoms with van der Waals surface area (Å²) in [6.45, 7) is 2.94. The van der Waals surface area contributed by atoms with Crippen molar-refractivity contribution in [3.63, 3.8) is 0 Å². The first-order chi connectivity index (χ1) is 34.7. The summed E-state index contributed by atoms with van der Waals surface area (Å²) < 4.78 is 296. The zero-order valence-corrected chi connectivity index (χ0v) is 37.9. The van der Waals surface area contributed by atoms with Crippen molar-refractivity contribution in [2.75, 3.05) is 18.3 Å². The molecule has 74 heavy (non-hydrogen) atoms. The number of carbonyl (C=O) groups excluding carboxylic acids is 2. The summed E-state index contributed by atoms with van der Waals surface area (Å²) in [6, 6.07) is 21.2. The van der Waals surface area contributed by atoms with Crippen LogP contribution >= 0.6 is 0 Å². The average Bonchev–Trinajstić information content (AvgIpc) is 3.70. The first-order valence-electron chi connectivity index (χ1n) is 20.7. The number of Topliss-reactive ketones (excluding diaryl/α,β-unsaturated/α-hetero) is 1. The monoisotopic (exact) mass is 1080 g/mol. The Hall–Kier alpha value is -7.31. The van der Waals surface area contributed by atoms with Crippen LogP contribution in [0.3, 0.4) is 0 Å². The molecule has 3 nitrogen and oxygen atoms in total. The normalized spacial score (nSPS) is 11.8. The maximum absolute atomic E-state index is 15.4. The molecular formula is C49H24BF20NO2S. The van der Waals surface area contributed by atoms with Crippen molar-refractivity contribution in [2.45, 2.75) is 13.5 Å². The van der Waals surface area contributed by atoms with Crippen LogP contribution in [0.4, 0.5) is 87.8 Å². The molecule has 1 heterocycles. The van der Waals surface area contributed by atoms with Gasteiger partial charge in [0.25, 0.3) is 0 Å². The van der Waals surface area contributed by atoms with Crippen molar-refractivity contribution in [3.05, 3.63) is 200 Å². The molecule has 0 bridgehead atoms. The Morgan fingerprint density at radius 2 is 0.676 bits per heavy atom. The SMILES string of the molecule is CCn1c2ccc(C(=O)C[S+](C)C)cc2c2cc(C(=O)c3ccccc3)ccc21.Fc1c(F)c(F)c([B-](c2c(F)c(F)c(F)c(F)c2F)(c2c(F)c(F)c(F)c(F)c2F)c2c(F)c(F)c(F)c(F)c2F)c(F)c1F. The number of halogens is 20. The highest BCUT2D eigenvalue weighted by Gasteiger charge is 2.52. The van der Waals surface area contributed by atoms with Gasteiger partial charge in [0.05, 0.1) is 12.5 Å². The van der Waals surface area contributed by atoms with Crippen LogP contribution in [0.2, 0.25) is 0 Å². The van der Waals surface area contributed by atoms with Crippen LogP contribution < -0.4 is 21.9 Å². The van der Waals surface area contributed by atoms with Crippen molar-refractivity contribution < 1.29 is 97.4 Å². The lowest BCUT2D eigenvalue weighted by Gasteiger charge is -2.44.